The van der Waals surface area contributed by atoms with Gasteiger partial charge in [0.2, 0.25) is 11.6 Å². The average molecular weight is 586 g/mol. The van der Waals surface area contributed by atoms with Gasteiger partial charge in [-0.1, -0.05) is 16.9 Å². The average Bonchev–Trinajstić information content (AvgIpc) is 3.51. The Hall–Kier alpha value is -3.16. The summed E-state index contributed by atoms with van der Waals surface area (Å²) in [5, 5.41) is 31.6. The van der Waals surface area contributed by atoms with Crippen molar-refractivity contribution in [3.63, 3.8) is 0 Å². The van der Waals surface area contributed by atoms with Gasteiger partial charge < -0.3 is 20.6 Å². The predicted molar refractivity (Wildman–Crippen MR) is 137 cm³/mol. The Labute approximate surface area is 225 Å². The van der Waals surface area contributed by atoms with Crippen molar-refractivity contribution in [3.8, 4) is 0 Å². The molecule has 0 spiro atoms. The zero-order valence-corrected chi connectivity index (χ0v) is 22.4. The van der Waals surface area contributed by atoms with Gasteiger partial charge in [0.1, 0.15) is 22.8 Å². The number of aliphatic carboxylic acids is 1. The number of aryl methyl sites for hydroxylation is 1. The van der Waals surface area contributed by atoms with E-state index in [1.54, 1.807) is 13.3 Å². The molecule has 19 heteroatoms. The highest BCUT2D eigenvalue weighted by Gasteiger charge is 2.54. The number of hydrogen-bond acceptors (Lipinski definition) is 14. The SMILES string of the molecule is CSCON=C(C(=O)NC1C(=O)N2C(C(=O)O)=C(CSc3nnnn3C)CS[C@H]12)c1csc(NC=O)n1. The largest absolute Gasteiger partial charge is 0.477 e. The molecular weight excluding hydrogens is 567 g/mol. The molecule has 2 aromatic rings. The second-order valence-electron chi connectivity index (χ2n) is 7.27. The van der Waals surface area contributed by atoms with E-state index in [2.05, 4.69) is 36.3 Å². The van der Waals surface area contributed by atoms with Crippen molar-refractivity contribution in [3.05, 3.63) is 22.3 Å². The normalized spacial score (nSPS) is 19.2. The number of thioether (sulfide) groups is 3. The Kier molecular flexibility index (Phi) is 8.67. The van der Waals surface area contributed by atoms with Crippen molar-refractivity contribution in [2.45, 2.75) is 16.6 Å². The first-order valence-electron chi connectivity index (χ1n) is 10.3. The molecule has 0 aromatic carbocycles. The lowest BCUT2D eigenvalue weighted by Gasteiger charge is -2.49. The van der Waals surface area contributed by atoms with Crippen molar-refractivity contribution in [2.24, 2.45) is 12.2 Å². The Balaban J connectivity index is 1.49. The third-order valence-corrected chi connectivity index (χ3v) is 8.51. The highest BCUT2D eigenvalue weighted by Crippen LogP contribution is 2.41. The minimum Gasteiger partial charge on any atom is -0.477 e. The maximum atomic E-state index is 13.1. The van der Waals surface area contributed by atoms with Crippen LogP contribution in [0.2, 0.25) is 0 Å². The van der Waals surface area contributed by atoms with E-state index in [9.17, 15) is 24.3 Å². The molecule has 2 aliphatic rings. The molecule has 0 radical (unpaired) electrons. The third kappa shape index (κ3) is 5.73. The van der Waals surface area contributed by atoms with Gasteiger partial charge in [-0.3, -0.25) is 19.3 Å². The van der Waals surface area contributed by atoms with Gasteiger partial charge in [0.15, 0.2) is 16.8 Å². The van der Waals surface area contributed by atoms with E-state index in [-0.39, 0.29) is 33.9 Å². The summed E-state index contributed by atoms with van der Waals surface area (Å²) in [5.41, 5.74) is 0.407. The zero-order valence-electron chi connectivity index (χ0n) is 19.2. The summed E-state index contributed by atoms with van der Waals surface area (Å²) in [7, 11) is 1.67. The van der Waals surface area contributed by atoms with Crippen LogP contribution in [-0.2, 0) is 31.1 Å². The van der Waals surface area contributed by atoms with E-state index in [4.69, 9.17) is 4.84 Å². The number of aromatic nitrogens is 5. The maximum absolute atomic E-state index is 13.1. The molecule has 196 valence electrons. The molecule has 3 amide bonds. The Morgan fingerprint density at radius 3 is 2.92 bits per heavy atom. The number of nitrogens with zero attached hydrogens (tertiary/aromatic N) is 7. The number of rotatable bonds is 12. The van der Waals surface area contributed by atoms with Crippen LogP contribution in [0.15, 0.2) is 27.0 Å². The number of carboxylic acid groups (broad SMARTS) is 1. The number of carboxylic acids is 1. The lowest BCUT2D eigenvalue weighted by atomic mass is 10.0. The van der Waals surface area contributed by atoms with Crippen LogP contribution in [0.1, 0.15) is 5.69 Å². The minimum atomic E-state index is -1.24. The van der Waals surface area contributed by atoms with E-state index in [1.807, 2.05) is 0 Å². The van der Waals surface area contributed by atoms with Gasteiger partial charge in [-0.05, 0) is 22.3 Å². The molecule has 1 saturated heterocycles. The van der Waals surface area contributed by atoms with Crippen LogP contribution in [0, 0.1) is 0 Å². The fourth-order valence-electron chi connectivity index (χ4n) is 3.35. The van der Waals surface area contributed by atoms with Crippen LogP contribution >= 0.6 is 46.6 Å². The first-order chi connectivity index (χ1) is 17.8. The number of carbonyl (C=O) groups excluding carboxylic acids is 3. The number of hydrogen-bond donors (Lipinski definition) is 3. The van der Waals surface area contributed by atoms with Crippen molar-refractivity contribution >= 4 is 81.7 Å². The van der Waals surface area contributed by atoms with Gasteiger partial charge in [-0.25, -0.2) is 14.5 Å². The highest BCUT2D eigenvalue weighted by molar-refractivity contribution is 8.01. The monoisotopic (exact) mass is 585 g/mol. The van der Waals surface area contributed by atoms with E-state index in [0.717, 1.165) is 11.3 Å². The third-order valence-electron chi connectivity index (χ3n) is 4.96. The van der Waals surface area contributed by atoms with E-state index < -0.39 is 29.2 Å². The van der Waals surface area contributed by atoms with Crippen LogP contribution < -0.4 is 10.6 Å². The molecule has 0 saturated carbocycles. The highest BCUT2D eigenvalue weighted by atomic mass is 32.2. The molecule has 0 aliphatic carbocycles. The fraction of sp³-hybridized carbons (Fsp3) is 0.389. The van der Waals surface area contributed by atoms with E-state index >= 15 is 0 Å². The maximum Gasteiger partial charge on any atom is 0.352 e. The van der Waals surface area contributed by atoms with Crippen molar-refractivity contribution in [1.82, 2.24) is 35.4 Å². The van der Waals surface area contributed by atoms with Crippen molar-refractivity contribution in [2.75, 3.05) is 29.0 Å². The van der Waals surface area contributed by atoms with Gasteiger partial charge in [0.25, 0.3) is 11.8 Å². The molecule has 2 aromatic heterocycles. The van der Waals surface area contributed by atoms with E-state index in [0.29, 0.717) is 22.9 Å². The quantitative estimate of drug-likeness (QED) is 0.0565. The molecular formula is C18H19N9O6S4. The van der Waals surface area contributed by atoms with Gasteiger partial charge in [0, 0.05) is 23.9 Å². The van der Waals surface area contributed by atoms with Gasteiger partial charge in [-0.15, -0.1) is 40.0 Å². The molecule has 0 bridgehead atoms. The number of oxime groups is 1. The van der Waals surface area contributed by atoms with Crippen molar-refractivity contribution in [1.29, 1.82) is 0 Å². The Morgan fingerprint density at radius 2 is 2.24 bits per heavy atom. The van der Waals surface area contributed by atoms with Gasteiger partial charge in [-0.2, -0.15) is 0 Å². The van der Waals surface area contributed by atoms with Crippen LogP contribution in [0.5, 0.6) is 0 Å². The molecule has 1 unspecified atom stereocenters. The van der Waals surface area contributed by atoms with Crippen molar-refractivity contribution < 1.29 is 29.1 Å². The molecule has 3 N–H and O–H groups in total. The number of anilines is 1. The number of β-lactam (4-membered cyclic amide) rings is 1. The number of nitrogens with one attached hydrogen (secondary N) is 2. The molecule has 1 fully saturated rings. The second-order valence-corrected chi connectivity index (χ2v) is 11.0. The zero-order chi connectivity index (χ0) is 26.5. The molecule has 2 atom stereocenters. The number of fused-ring (bicyclic) bond motifs is 1. The lowest BCUT2D eigenvalue weighted by Crippen LogP contribution is -2.71. The Bertz CT molecular complexity index is 1280. The second kappa shape index (κ2) is 11.9. The van der Waals surface area contributed by atoms with Crippen LogP contribution in [0.4, 0.5) is 5.13 Å². The van der Waals surface area contributed by atoms with Crippen LogP contribution in [0.25, 0.3) is 0 Å². The number of amides is 3. The minimum absolute atomic E-state index is 0.108. The predicted octanol–water partition coefficient (Wildman–Crippen LogP) is -0.193. The van der Waals surface area contributed by atoms with Crippen LogP contribution in [0.3, 0.4) is 0 Å². The van der Waals surface area contributed by atoms with Gasteiger partial charge >= 0.3 is 5.97 Å². The fourth-order valence-corrected chi connectivity index (χ4v) is 6.49. The summed E-state index contributed by atoms with van der Waals surface area (Å²) in [5.74, 6) is -1.73. The first-order valence-corrected chi connectivity index (χ1v) is 14.6. The summed E-state index contributed by atoms with van der Waals surface area (Å²) >= 11 is 5.02. The summed E-state index contributed by atoms with van der Waals surface area (Å²) in [6.07, 6.45) is 2.24. The smallest absolute Gasteiger partial charge is 0.352 e. The van der Waals surface area contributed by atoms with Crippen LogP contribution in [-0.4, -0.2) is 100 Å². The topological polar surface area (TPSA) is 194 Å². The van der Waals surface area contributed by atoms with Gasteiger partial charge in [0.05, 0.1) is 0 Å². The molecule has 4 rings (SSSR count). The molecule has 4 heterocycles. The van der Waals surface area contributed by atoms with E-state index in [1.165, 1.54) is 50.2 Å². The number of tetrazole rings is 1. The lowest BCUT2D eigenvalue weighted by molar-refractivity contribution is -0.150. The summed E-state index contributed by atoms with van der Waals surface area (Å²) in [4.78, 5) is 59.3. The molecule has 15 nitrogen and oxygen atoms in total. The summed E-state index contributed by atoms with van der Waals surface area (Å²) in [6, 6.07) is -0.971. The molecule has 2 aliphatic heterocycles. The summed E-state index contributed by atoms with van der Waals surface area (Å²) in [6.45, 7) is 0. The molecule has 37 heavy (non-hydrogen) atoms. The standard InChI is InChI=1S/C18H19N9O6S4/c1-26-18(22-24-25-26)37-4-8-3-35-15-11(14(30)27(15)12(8)16(31)32)21-13(29)10(23-33-7-34-2)9-5-36-17(20-9)19-6-28/h5-6,11,15H,3-4,7H2,1-2H3,(H,21,29)(H,31,32)(H,19,20,28)/t11?,15-/m1/s1. The number of thiazole rings is 1. The first kappa shape index (κ1) is 26.9. The Morgan fingerprint density at radius 1 is 1.43 bits per heavy atom. The number of carbonyl (C=O) groups is 4. The summed E-state index contributed by atoms with van der Waals surface area (Å²) < 4.78 is 1.47.